The van der Waals surface area contributed by atoms with Gasteiger partial charge in [0.05, 0.1) is 19.9 Å². The number of aryl methyl sites for hydroxylation is 2. The van der Waals surface area contributed by atoms with Gasteiger partial charge in [-0.3, -0.25) is 19.4 Å². The summed E-state index contributed by atoms with van der Waals surface area (Å²) in [7, 11) is 2.97. The van der Waals surface area contributed by atoms with E-state index in [1.165, 1.54) is 19.2 Å². The number of hydrogen-bond acceptors (Lipinski definition) is 8. The van der Waals surface area contributed by atoms with Crippen molar-refractivity contribution in [2.75, 3.05) is 31.0 Å². The highest BCUT2D eigenvalue weighted by molar-refractivity contribution is 6.25. The van der Waals surface area contributed by atoms with E-state index in [0.717, 1.165) is 28.1 Å². The lowest BCUT2D eigenvalue weighted by molar-refractivity contribution is -0.123. The Bertz CT molecular complexity index is 1150. The van der Waals surface area contributed by atoms with Gasteiger partial charge < -0.3 is 14.8 Å². The molecule has 3 amide bonds. The van der Waals surface area contributed by atoms with E-state index in [-0.39, 0.29) is 12.5 Å². The van der Waals surface area contributed by atoms with Gasteiger partial charge in [0.25, 0.3) is 11.8 Å². The van der Waals surface area contributed by atoms with Crippen molar-refractivity contribution in [1.82, 2.24) is 5.01 Å². The van der Waals surface area contributed by atoms with E-state index in [1.54, 1.807) is 18.2 Å². The number of carbonyl (C=O) groups is 3. The highest BCUT2D eigenvalue weighted by Crippen LogP contribution is 2.36. The monoisotopic (exact) mass is 451 g/mol. The van der Waals surface area contributed by atoms with E-state index in [1.807, 2.05) is 32.0 Å². The number of nitrogens with zero attached hydrogens (tertiary/aromatic N) is 4. The van der Waals surface area contributed by atoms with Gasteiger partial charge in [0.15, 0.2) is 23.6 Å². The topological polar surface area (TPSA) is 113 Å². The minimum Gasteiger partial charge on any atom is -0.493 e. The number of nitrogens with one attached hydrogen (secondary N) is 1. The maximum atomic E-state index is 13.2. The average Bonchev–Trinajstić information content (AvgIpc) is 3.33. The van der Waals surface area contributed by atoms with Crippen LogP contribution in [-0.4, -0.2) is 55.6 Å². The summed E-state index contributed by atoms with van der Waals surface area (Å²) in [5, 5.41) is 12.1. The molecule has 0 saturated carbocycles. The Hall–Kier alpha value is -3.95. The van der Waals surface area contributed by atoms with Gasteiger partial charge in [-0.1, -0.05) is 30.3 Å². The molecule has 0 unspecified atom stereocenters. The largest absolute Gasteiger partial charge is 0.493 e. The number of ether oxygens (including phenoxy) is 2. The van der Waals surface area contributed by atoms with Crippen LogP contribution in [0.5, 0.6) is 11.5 Å². The molecule has 4 rings (SSSR count). The van der Waals surface area contributed by atoms with E-state index in [9.17, 15) is 14.4 Å². The molecule has 2 heterocycles. The molecule has 10 heteroatoms. The molecule has 33 heavy (non-hydrogen) atoms. The van der Waals surface area contributed by atoms with Gasteiger partial charge in [-0.15, -0.1) is 0 Å². The van der Waals surface area contributed by atoms with Crippen LogP contribution in [0.1, 0.15) is 18.1 Å². The van der Waals surface area contributed by atoms with Crippen molar-refractivity contribution in [3.05, 3.63) is 47.5 Å². The molecule has 2 aromatic rings. The second-order valence-electron chi connectivity index (χ2n) is 7.75. The van der Waals surface area contributed by atoms with Crippen LogP contribution in [0.4, 0.5) is 11.4 Å². The summed E-state index contributed by atoms with van der Waals surface area (Å²) in [6.07, 6.45) is 0.763. The highest BCUT2D eigenvalue weighted by atomic mass is 16.5. The van der Waals surface area contributed by atoms with E-state index in [0.29, 0.717) is 17.2 Å². The Labute approximate surface area is 191 Å². The first kappa shape index (κ1) is 22.3. The SMILES string of the molecule is CCc1cccc(C)c1NC(=O)CN1N=N[C@H]2C(=O)N(c3ccc(OC)c(OC)c3)C(=O)[C@H]21. The molecule has 0 spiro atoms. The molecule has 1 fully saturated rings. The van der Waals surface area contributed by atoms with Crippen LogP contribution >= 0.6 is 0 Å². The Morgan fingerprint density at radius 3 is 2.55 bits per heavy atom. The van der Waals surface area contributed by atoms with Crippen molar-refractivity contribution in [2.45, 2.75) is 32.4 Å². The molecule has 0 radical (unpaired) electrons. The molecule has 172 valence electrons. The molecule has 2 aliphatic rings. The Balaban J connectivity index is 1.52. The van der Waals surface area contributed by atoms with Crippen LogP contribution in [0.25, 0.3) is 0 Å². The van der Waals surface area contributed by atoms with Crippen LogP contribution in [0, 0.1) is 6.92 Å². The normalized spacial score (nSPS) is 19.2. The molecule has 1 saturated heterocycles. The second kappa shape index (κ2) is 8.89. The number of methoxy groups -OCH3 is 2. The summed E-state index contributed by atoms with van der Waals surface area (Å²) >= 11 is 0. The number of fused-ring (bicyclic) bond motifs is 1. The molecule has 2 aromatic carbocycles. The fourth-order valence-electron chi connectivity index (χ4n) is 4.10. The lowest BCUT2D eigenvalue weighted by Gasteiger charge is -2.21. The smallest absolute Gasteiger partial charge is 0.263 e. The van der Waals surface area contributed by atoms with E-state index in [4.69, 9.17) is 9.47 Å². The average molecular weight is 451 g/mol. The van der Waals surface area contributed by atoms with Crippen molar-refractivity contribution < 1.29 is 23.9 Å². The fourth-order valence-corrected chi connectivity index (χ4v) is 4.10. The first-order chi connectivity index (χ1) is 15.9. The van der Waals surface area contributed by atoms with E-state index >= 15 is 0 Å². The third-order valence-corrected chi connectivity index (χ3v) is 5.79. The second-order valence-corrected chi connectivity index (χ2v) is 7.75. The van der Waals surface area contributed by atoms with Crippen LogP contribution in [0.3, 0.4) is 0 Å². The van der Waals surface area contributed by atoms with Gasteiger partial charge in [0.2, 0.25) is 5.91 Å². The Morgan fingerprint density at radius 2 is 1.85 bits per heavy atom. The summed E-state index contributed by atoms with van der Waals surface area (Å²) < 4.78 is 10.5. The quantitative estimate of drug-likeness (QED) is 0.647. The van der Waals surface area contributed by atoms with Crippen molar-refractivity contribution in [3.63, 3.8) is 0 Å². The summed E-state index contributed by atoms with van der Waals surface area (Å²) in [6, 6.07) is 8.60. The van der Waals surface area contributed by atoms with Gasteiger partial charge in [0, 0.05) is 11.8 Å². The standard InChI is InChI=1S/C23H25N5O5/c1-5-14-8-6-7-13(2)19(14)24-18(29)12-27-21-20(25-26-27)22(30)28(23(21)31)15-9-10-16(32-3)17(11-15)33-4/h6-11,20-21H,5,12H2,1-4H3,(H,24,29)/t20-,21+/m1/s1. The Morgan fingerprint density at radius 1 is 1.09 bits per heavy atom. The van der Waals surface area contributed by atoms with Crippen LogP contribution in [0.15, 0.2) is 46.7 Å². The first-order valence-electron chi connectivity index (χ1n) is 10.5. The summed E-state index contributed by atoms with van der Waals surface area (Å²) in [4.78, 5) is 40.0. The number of hydrogen-bond donors (Lipinski definition) is 1. The zero-order valence-corrected chi connectivity index (χ0v) is 18.9. The lowest BCUT2D eigenvalue weighted by atomic mass is 10.1. The molecule has 1 N–H and O–H groups in total. The lowest BCUT2D eigenvalue weighted by Crippen LogP contribution is -2.43. The molecule has 2 atom stereocenters. The molecular formula is C23H25N5O5. The third-order valence-electron chi connectivity index (χ3n) is 5.79. The first-order valence-corrected chi connectivity index (χ1v) is 10.5. The van der Waals surface area contributed by atoms with E-state index < -0.39 is 23.9 Å². The van der Waals surface area contributed by atoms with Gasteiger partial charge in [-0.2, -0.15) is 5.11 Å². The zero-order chi connectivity index (χ0) is 23.7. The minimum atomic E-state index is -0.997. The number of para-hydroxylation sites is 1. The summed E-state index contributed by atoms with van der Waals surface area (Å²) in [5.74, 6) is -0.490. The van der Waals surface area contributed by atoms with E-state index in [2.05, 4.69) is 15.7 Å². The fraction of sp³-hybridized carbons (Fsp3) is 0.348. The van der Waals surface area contributed by atoms with Crippen LogP contribution < -0.4 is 19.7 Å². The number of rotatable bonds is 7. The van der Waals surface area contributed by atoms with Crippen LogP contribution in [0.2, 0.25) is 0 Å². The minimum absolute atomic E-state index is 0.207. The number of carbonyl (C=O) groups excluding carboxylic acids is 3. The van der Waals surface area contributed by atoms with Gasteiger partial charge in [-0.25, -0.2) is 4.90 Å². The van der Waals surface area contributed by atoms with Gasteiger partial charge in [0.1, 0.15) is 6.54 Å². The maximum absolute atomic E-state index is 13.2. The molecule has 0 aliphatic carbocycles. The number of imide groups is 1. The molecule has 0 aromatic heterocycles. The van der Waals surface area contributed by atoms with Crippen LogP contribution in [-0.2, 0) is 20.8 Å². The highest BCUT2D eigenvalue weighted by Gasteiger charge is 2.55. The summed E-state index contributed by atoms with van der Waals surface area (Å²) in [6.45, 7) is 3.72. The predicted octanol–water partition coefficient (Wildman–Crippen LogP) is 2.51. The van der Waals surface area contributed by atoms with Gasteiger partial charge >= 0.3 is 0 Å². The molecule has 0 bridgehead atoms. The zero-order valence-electron chi connectivity index (χ0n) is 18.9. The molecule has 2 aliphatic heterocycles. The maximum Gasteiger partial charge on any atom is 0.263 e. The molecular weight excluding hydrogens is 426 g/mol. The summed E-state index contributed by atoms with van der Waals surface area (Å²) in [5.41, 5.74) is 3.04. The molecule has 10 nitrogen and oxygen atoms in total. The van der Waals surface area contributed by atoms with Gasteiger partial charge in [-0.05, 0) is 36.6 Å². The third kappa shape index (κ3) is 3.88. The van der Waals surface area contributed by atoms with Crippen molar-refractivity contribution in [1.29, 1.82) is 0 Å². The predicted molar refractivity (Wildman–Crippen MR) is 120 cm³/mol. The number of benzene rings is 2. The Kier molecular flexibility index (Phi) is 5.99. The number of anilines is 2. The number of amides is 3. The van der Waals surface area contributed by atoms with Crippen molar-refractivity contribution >= 4 is 29.1 Å². The van der Waals surface area contributed by atoms with Crippen molar-refractivity contribution in [3.8, 4) is 11.5 Å². The van der Waals surface area contributed by atoms with Crippen molar-refractivity contribution in [2.24, 2.45) is 10.3 Å².